The number of halogens is 1. The van der Waals surface area contributed by atoms with E-state index in [2.05, 4.69) is 15.1 Å². The molecular formula is C21H17ClN6O2. The van der Waals surface area contributed by atoms with Gasteiger partial charge in [-0.15, -0.1) is 0 Å². The van der Waals surface area contributed by atoms with E-state index in [0.717, 1.165) is 11.2 Å². The molecule has 0 N–H and O–H groups in total. The Morgan fingerprint density at radius 2 is 2.13 bits per heavy atom. The van der Waals surface area contributed by atoms with E-state index < -0.39 is 0 Å². The first kappa shape index (κ1) is 18.5. The quantitative estimate of drug-likeness (QED) is 0.497. The summed E-state index contributed by atoms with van der Waals surface area (Å²) in [7, 11) is 0. The Hall–Kier alpha value is -3.52. The van der Waals surface area contributed by atoms with Crippen molar-refractivity contribution in [3.63, 3.8) is 0 Å². The smallest absolute Gasteiger partial charge is 0.280 e. The first-order valence-electron chi connectivity index (χ1n) is 9.49. The van der Waals surface area contributed by atoms with Crippen LogP contribution >= 0.6 is 11.6 Å². The molecule has 4 aromatic rings. The van der Waals surface area contributed by atoms with E-state index in [9.17, 15) is 9.59 Å². The monoisotopic (exact) mass is 420 g/mol. The molecule has 0 radical (unpaired) electrons. The summed E-state index contributed by atoms with van der Waals surface area (Å²) < 4.78 is 3.55. The van der Waals surface area contributed by atoms with Crippen molar-refractivity contribution in [1.82, 2.24) is 29.0 Å². The largest absolute Gasteiger partial charge is 0.334 e. The van der Waals surface area contributed by atoms with Crippen LogP contribution in [0.25, 0.3) is 22.2 Å². The minimum Gasteiger partial charge on any atom is -0.334 e. The van der Waals surface area contributed by atoms with Crippen LogP contribution in [0.15, 0.2) is 53.7 Å². The number of hydrogen-bond donors (Lipinski definition) is 0. The third-order valence-corrected chi connectivity index (χ3v) is 5.52. The van der Waals surface area contributed by atoms with Crippen LogP contribution in [0.2, 0.25) is 5.02 Å². The highest BCUT2D eigenvalue weighted by Gasteiger charge is 2.24. The molecule has 4 heterocycles. The van der Waals surface area contributed by atoms with Crippen molar-refractivity contribution in [3.8, 4) is 0 Å². The molecule has 0 fully saturated rings. The predicted octanol–water partition coefficient (Wildman–Crippen LogP) is 2.79. The summed E-state index contributed by atoms with van der Waals surface area (Å²) in [6.45, 7) is 2.78. The number of carbonyl (C=O) groups excluding carboxylic acids is 1. The maximum Gasteiger partial charge on any atom is 0.280 e. The van der Waals surface area contributed by atoms with Crippen LogP contribution in [0.1, 0.15) is 22.6 Å². The zero-order valence-corrected chi connectivity index (χ0v) is 16.9. The van der Waals surface area contributed by atoms with Crippen molar-refractivity contribution in [1.29, 1.82) is 0 Å². The van der Waals surface area contributed by atoms with Crippen molar-refractivity contribution < 1.29 is 4.79 Å². The number of benzene rings is 1. The maximum absolute atomic E-state index is 13.0. The standard InChI is InChI=1S/C21H17ClN6O2/c1-13-25-20(29)16-11-14(22)3-4-18(16)28(13)15-5-9-26(10-6-15)21(30)17-12-24-27-8-2-7-23-19(17)27/h2-5,7-8,11-12H,6,9-10H2,1H3. The highest BCUT2D eigenvalue weighted by atomic mass is 35.5. The molecule has 9 heteroatoms. The number of nitrogens with zero attached hydrogens (tertiary/aromatic N) is 6. The van der Waals surface area contributed by atoms with Gasteiger partial charge < -0.3 is 9.47 Å². The molecule has 1 amide bonds. The molecule has 0 atom stereocenters. The Morgan fingerprint density at radius 1 is 1.27 bits per heavy atom. The van der Waals surface area contributed by atoms with E-state index in [1.165, 1.54) is 0 Å². The number of aryl methyl sites for hydroxylation is 1. The summed E-state index contributed by atoms with van der Waals surface area (Å²) in [6.07, 6.45) is 7.58. The molecule has 0 aliphatic carbocycles. The zero-order chi connectivity index (χ0) is 20.8. The normalized spacial score (nSPS) is 14.3. The number of aromatic nitrogens is 5. The van der Waals surface area contributed by atoms with E-state index in [4.69, 9.17) is 11.6 Å². The van der Waals surface area contributed by atoms with Crippen LogP contribution in [-0.2, 0) is 0 Å². The van der Waals surface area contributed by atoms with Gasteiger partial charge in [0.2, 0.25) is 0 Å². The molecule has 150 valence electrons. The molecule has 3 aromatic heterocycles. The predicted molar refractivity (Wildman–Crippen MR) is 114 cm³/mol. The molecule has 1 aliphatic rings. The summed E-state index contributed by atoms with van der Waals surface area (Å²) in [6, 6.07) is 7.00. The number of hydrogen-bond acceptors (Lipinski definition) is 5. The second-order valence-electron chi connectivity index (χ2n) is 7.10. The van der Waals surface area contributed by atoms with Gasteiger partial charge in [-0.05, 0) is 37.3 Å². The third kappa shape index (κ3) is 2.96. The van der Waals surface area contributed by atoms with Crippen LogP contribution in [-0.4, -0.2) is 48.0 Å². The summed E-state index contributed by atoms with van der Waals surface area (Å²) in [5.41, 5.74) is 2.48. The van der Waals surface area contributed by atoms with Gasteiger partial charge >= 0.3 is 0 Å². The Labute approximate surface area is 176 Å². The molecule has 0 unspecified atom stereocenters. The fourth-order valence-corrected chi connectivity index (χ4v) is 4.04. The zero-order valence-electron chi connectivity index (χ0n) is 16.1. The van der Waals surface area contributed by atoms with Gasteiger partial charge in [0, 0.05) is 42.6 Å². The summed E-state index contributed by atoms with van der Waals surface area (Å²) in [5, 5.41) is 5.17. The van der Waals surface area contributed by atoms with Gasteiger partial charge in [-0.2, -0.15) is 10.1 Å². The minimum absolute atomic E-state index is 0.106. The van der Waals surface area contributed by atoms with Gasteiger partial charge in [0.15, 0.2) is 5.65 Å². The molecule has 0 bridgehead atoms. The van der Waals surface area contributed by atoms with Gasteiger partial charge in [0.25, 0.3) is 11.5 Å². The summed E-state index contributed by atoms with van der Waals surface area (Å²) in [4.78, 5) is 35.5. The lowest BCUT2D eigenvalue weighted by molar-refractivity contribution is 0.0773. The number of carbonyl (C=O) groups is 1. The molecule has 1 aliphatic heterocycles. The van der Waals surface area contributed by atoms with Crippen LogP contribution in [0.3, 0.4) is 0 Å². The topological polar surface area (TPSA) is 85.4 Å². The van der Waals surface area contributed by atoms with Crippen molar-refractivity contribution >= 4 is 39.8 Å². The first-order chi connectivity index (χ1) is 14.5. The molecule has 0 saturated carbocycles. The van der Waals surface area contributed by atoms with E-state index >= 15 is 0 Å². The maximum atomic E-state index is 13.0. The van der Waals surface area contributed by atoms with Crippen molar-refractivity contribution in [3.05, 3.63) is 75.7 Å². The molecular weight excluding hydrogens is 404 g/mol. The van der Waals surface area contributed by atoms with E-state index in [-0.39, 0.29) is 11.5 Å². The highest BCUT2D eigenvalue weighted by molar-refractivity contribution is 6.31. The van der Waals surface area contributed by atoms with Crippen molar-refractivity contribution in [2.75, 3.05) is 13.1 Å². The van der Waals surface area contributed by atoms with Gasteiger partial charge in [-0.25, -0.2) is 9.50 Å². The minimum atomic E-state index is -0.296. The van der Waals surface area contributed by atoms with E-state index in [0.29, 0.717) is 47.0 Å². The second kappa shape index (κ2) is 7.07. The van der Waals surface area contributed by atoms with Crippen LogP contribution in [0, 0.1) is 6.92 Å². The SMILES string of the molecule is Cc1nc(=O)c2cc(Cl)ccc2n1C1=CCN(C(=O)c2cnn3cccnc23)CC1. The lowest BCUT2D eigenvalue weighted by Gasteiger charge is -2.28. The molecule has 0 saturated heterocycles. The Balaban J connectivity index is 1.49. The lowest BCUT2D eigenvalue weighted by atomic mass is 10.1. The Bertz CT molecular complexity index is 1400. The molecule has 1 aromatic carbocycles. The van der Waals surface area contributed by atoms with Gasteiger partial charge in [0.1, 0.15) is 11.4 Å². The van der Waals surface area contributed by atoms with Crippen LogP contribution < -0.4 is 5.56 Å². The first-order valence-corrected chi connectivity index (χ1v) is 9.86. The average molecular weight is 421 g/mol. The lowest BCUT2D eigenvalue weighted by Crippen LogP contribution is -2.35. The van der Waals surface area contributed by atoms with Crippen molar-refractivity contribution in [2.24, 2.45) is 0 Å². The summed E-state index contributed by atoms with van der Waals surface area (Å²) in [5.74, 6) is 0.498. The average Bonchev–Trinajstić information content (AvgIpc) is 3.18. The van der Waals surface area contributed by atoms with Gasteiger partial charge in [-0.3, -0.25) is 9.59 Å². The number of rotatable bonds is 2. The third-order valence-electron chi connectivity index (χ3n) is 5.29. The summed E-state index contributed by atoms with van der Waals surface area (Å²) >= 11 is 6.07. The molecule has 0 spiro atoms. The Kier molecular flexibility index (Phi) is 4.36. The molecule has 5 rings (SSSR count). The fraction of sp³-hybridized carbons (Fsp3) is 0.190. The van der Waals surface area contributed by atoms with E-state index in [1.807, 2.05) is 16.7 Å². The van der Waals surface area contributed by atoms with Crippen molar-refractivity contribution in [2.45, 2.75) is 13.3 Å². The number of amides is 1. The molecule has 30 heavy (non-hydrogen) atoms. The molecule has 8 nitrogen and oxygen atoms in total. The number of fused-ring (bicyclic) bond motifs is 2. The Morgan fingerprint density at radius 3 is 2.93 bits per heavy atom. The van der Waals surface area contributed by atoms with Gasteiger partial charge in [0.05, 0.1) is 17.1 Å². The van der Waals surface area contributed by atoms with E-state index in [1.54, 1.807) is 53.1 Å². The highest BCUT2D eigenvalue weighted by Crippen LogP contribution is 2.25. The van der Waals surface area contributed by atoms with Gasteiger partial charge in [-0.1, -0.05) is 11.6 Å². The van der Waals surface area contributed by atoms with Crippen LogP contribution in [0.4, 0.5) is 0 Å². The second-order valence-corrected chi connectivity index (χ2v) is 7.54. The van der Waals surface area contributed by atoms with Crippen LogP contribution in [0.5, 0.6) is 0 Å². The fourth-order valence-electron chi connectivity index (χ4n) is 3.86.